The van der Waals surface area contributed by atoms with Crippen molar-refractivity contribution in [3.63, 3.8) is 0 Å². The van der Waals surface area contributed by atoms with Crippen LogP contribution < -0.4 is 10.1 Å². The highest BCUT2D eigenvalue weighted by atomic mass is 32.1. The zero-order chi connectivity index (χ0) is 23.2. The summed E-state index contributed by atoms with van der Waals surface area (Å²) in [6, 6.07) is 16.3. The van der Waals surface area contributed by atoms with Crippen molar-refractivity contribution in [1.82, 2.24) is 9.55 Å². The summed E-state index contributed by atoms with van der Waals surface area (Å²) in [7, 11) is 0. The molecule has 2 aromatic heterocycles. The van der Waals surface area contributed by atoms with Crippen molar-refractivity contribution < 1.29 is 18.3 Å². The highest BCUT2D eigenvalue weighted by Gasteiger charge is 2.14. The third kappa shape index (κ3) is 5.25. The summed E-state index contributed by atoms with van der Waals surface area (Å²) in [5, 5.41) is 14.5. The molecule has 4 rings (SSSR count). The van der Waals surface area contributed by atoms with Gasteiger partial charge in [0.1, 0.15) is 5.75 Å². The van der Waals surface area contributed by atoms with Crippen molar-refractivity contribution in [3.05, 3.63) is 71.7 Å². The maximum absolute atomic E-state index is 12.7. The molecule has 33 heavy (non-hydrogen) atoms. The molecule has 0 aliphatic carbocycles. The Balaban J connectivity index is 1.49. The number of hydrogen-bond donors (Lipinski definition) is 1. The number of hydrogen-bond acceptors (Lipinski definition) is 5. The van der Waals surface area contributed by atoms with Crippen LogP contribution in [0.5, 0.6) is 5.75 Å². The number of aromatic nitrogens is 2. The molecule has 4 aromatic rings. The van der Waals surface area contributed by atoms with E-state index in [1.165, 1.54) is 23.5 Å². The van der Waals surface area contributed by atoms with Crippen LogP contribution in [0, 0.1) is 11.3 Å². The zero-order valence-corrected chi connectivity index (χ0v) is 18.1. The normalized spacial score (nSPS) is 11.2. The molecule has 0 aliphatic heterocycles. The lowest BCUT2D eigenvalue weighted by molar-refractivity contribution is -0.111. The Morgan fingerprint density at radius 2 is 2.03 bits per heavy atom. The van der Waals surface area contributed by atoms with Gasteiger partial charge in [0.15, 0.2) is 5.13 Å². The molecule has 1 N–H and O–H groups in total. The Morgan fingerprint density at radius 3 is 2.85 bits per heavy atom. The average Bonchev–Trinajstić information content (AvgIpc) is 3.41. The number of halogens is 2. The van der Waals surface area contributed by atoms with Crippen molar-refractivity contribution in [2.45, 2.75) is 19.6 Å². The first kappa shape index (κ1) is 22.2. The van der Waals surface area contributed by atoms with Crippen molar-refractivity contribution in [1.29, 1.82) is 5.26 Å². The smallest absolute Gasteiger partial charge is 0.387 e. The summed E-state index contributed by atoms with van der Waals surface area (Å²) in [5.74, 6) is -0.356. The molecule has 0 saturated carbocycles. The molecule has 166 valence electrons. The molecule has 0 saturated heterocycles. The second-order valence-corrected chi connectivity index (χ2v) is 7.80. The molecular formula is C24H18F2N4O2S. The third-order valence-corrected chi connectivity index (χ3v) is 5.57. The van der Waals surface area contributed by atoms with Crippen LogP contribution in [0.25, 0.3) is 28.2 Å². The molecular weight excluding hydrogens is 446 g/mol. The van der Waals surface area contributed by atoms with Crippen molar-refractivity contribution in [2.75, 3.05) is 5.32 Å². The molecule has 0 spiro atoms. The Hall–Kier alpha value is -4.03. The average molecular weight is 464 g/mol. The van der Waals surface area contributed by atoms with Gasteiger partial charge in [-0.3, -0.25) is 10.1 Å². The number of ether oxygens (including phenoxy) is 1. The highest BCUT2D eigenvalue weighted by molar-refractivity contribution is 7.14. The van der Waals surface area contributed by atoms with Crippen molar-refractivity contribution in [2.24, 2.45) is 0 Å². The Bertz CT molecular complexity index is 1350. The van der Waals surface area contributed by atoms with Crippen molar-refractivity contribution in [3.8, 4) is 23.1 Å². The minimum Gasteiger partial charge on any atom is -0.434 e. The first-order valence-electron chi connectivity index (χ1n) is 9.99. The molecule has 6 nitrogen and oxygen atoms in total. The highest BCUT2D eigenvalue weighted by Crippen LogP contribution is 2.33. The molecule has 0 atom stereocenters. The van der Waals surface area contributed by atoms with E-state index >= 15 is 0 Å². The summed E-state index contributed by atoms with van der Waals surface area (Å²) in [6.07, 6.45) is 5.42. The number of aryl methyl sites for hydroxylation is 1. The van der Waals surface area contributed by atoms with Gasteiger partial charge in [-0.15, -0.1) is 11.3 Å². The summed E-state index contributed by atoms with van der Waals surface area (Å²) < 4.78 is 31.9. The van der Waals surface area contributed by atoms with E-state index in [1.807, 2.05) is 35.0 Å². The molecule has 0 unspecified atom stereocenters. The number of nitrogens with one attached hydrogen (secondary N) is 1. The molecule has 0 aliphatic rings. The van der Waals surface area contributed by atoms with Gasteiger partial charge in [0.25, 0.3) is 0 Å². The molecule has 2 aromatic carbocycles. The predicted molar refractivity (Wildman–Crippen MR) is 124 cm³/mol. The second kappa shape index (κ2) is 10.1. The number of benzene rings is 2. The zero-order valence-electron chi connectivity index (χ0n) is 17.2. The Morgan fingerprint density at radius 1 is 1.24 bits per heavy atom. The molecule has 9 heteroatoms. The number of carbonyl (C=O) groups is 1. The van der Waals surface area contributed by atoms with Gasteiger partial charge in [0.05, 0.1) is 18.2 Å². The first-order valence-corrected chi connectivity index (χ1v) is 10.9. The Kier molecular flexibility index (Phi) is 6.76. The largest absolute Gasteiger partial charge is 0.434 e. The number of fused-ring (bicyclic) bond motifs is 1. The summed E-state index contributed by atoms with van der Waals surface area (Å²) in [4.78, 5) is 16.8. The van der Waals surface area contributed by atoms with Crippen LogP contribution in [-0.2, 0) is 11.3 Å². The standard InChI is InChI=1S/C24H18F2N4O2S/c25-23(26)32-21-9-4-2-7-18(21)19-15-33-24(28-19)29-22(31)11-10-16-14-30(13-5-12-27)20-8-3-1-6-17(16)20/h1-4,6-11,14-15,23H,5,13H2,(H,28,29,31)/b11-10+. The number of thiazole rings is 1. The fourth-order valence-electron chi connectivity index (χ4n) is 3.41. The van der Waals surface area contributed by atoms with Crippen LogP contribution in [-0.4, -0.2) is 22.1 Å². The maximum Gasteiger partial charge on any atom is 0.387 e. The number of nitrogens with zero attached hydrogens (tertiary/aromatic N) is 3. The molecule has 1 amide bonds. The van der Waals surface area contributed by atoms with E-state index in [0.29, 0.717) is 29.4 Å². The van der Waals surface area contributed by atoms with E-state index in [2.05, 4.69) is 21.1 Å². The van der Waals surface area contributed by atoms with E-state index in [4.69, 9.17) is 5.26 Å². The van der Waals surface area contributed by atoms with Crippen LogP contribution in [0.1, 0.15) is 12.0 Å². The first-order chi connectivity index (χ1) is 16.0. The minimum absolute atomic E-state index is 0.0170. The molecule has 0 bridgehead atoms. The topological polar surface area (TPSA) is 79.9 Å². The fraction of sp³-hybridized carbons (Fsp3) is 0.125. The van der Waals surface area contributed by atoms with Crippen molar-refractivity contribution >= 4 is 39.4 Å². The number of carbonyl (C=O) groups excluding carboxylic acids is 1. The van der Waals surface area contributed by atoms with Gasteiger partial charge in [-0.2, -0.15) is 14.0 Å². The quantitative estimate of drug-likeness (QED) is 0.328. The van der Waals surface area contributed by atoms with Gasteiger partial charge in [0, 0.05) is 46.2 Å². The lowest BCUT2D eigenvalue weighted by atomic mass is 10.1. The van der Waals surface area contributed by atoms with Gasteiger partial charge in [0.2, 0.25) is 5.91 Å². The Labute approximate surface area is 192 Å². The molecule has 2 heterocycles. The lowest BCUT2D eigenvalue weighted by Crippen LogP contribution is -2.07. The van der Waals surface area contributed by atoms with Crippen LogP contribution in [0.4, 0.5) is 13.9 Å². The number of para-hydroxylation sites is 2. The number of anilines is 1. The minimum atomic E-state index is -2.94. The van der Waals surface area contributed by atoms with E-state index in [-0.39, 0.29) is 11.7 Å². The van der Waals surface area contributed by atoms with E-state index in [0.717, 1.165) is 16.5 Å². The van der Waals surface area contributed by atoms with Gasteiger partial charge < -0.3 is 9.30 Å². The monoisotopic (exact) mass is 464 g/mol. The van der Waals surface area contributed by atoms with E-state index in [9.17, 15) is 13.6 Å². The van der Waals surface area contributed by atoms with E-state index in [1.54, 1.807) is 29.7 Å². The maximum atomic E-state index is 12.7. The summed E-state index contributed by atoms with van der Waals surface area (Å²) >= 11 is 1.18. The van der Waals surface area contributed by atoms with Gasteiger partial charge in [-0.05, 0) is 24.3 Å². The number of alkyl halides is 2. The van der Waals surface area contributed by atoms with Crippen LogP contribution in [0.2, 0.25) is 0 Å². The second-order valence-electron chi connectivity index (χ2n) is 6.94. The predicted octanol–water partition coefficient (Wildman–Crippen LogP) is 5.93. The summed E-state index contributed by atoms with van der Waals surface area (Å²) in [6.45, 7) is -2.38. The van der Waals surface area contributed by atoms with Crippen LogP contribution >= 0.6 is 11.3 Å². The molecule has 0 radical (unpaired) electrons. The van der Waals surface area contributed by atoms with Gasteiger partial charge in [-0.25, -0.2) is 4.98 Å². The number of amides is 1. The van der Waals surface area contributed by atoms with Crippen LogP contribution in [0.15, 0.2) is 66.2 Å². The number of nitriles is 1. The molecule has 0 fully saturated rings. The summed E-state index contributed by atoms with van der Waals surface area (Å²) in [5.41, 5.74) is 2.69. The SMILES string of the molecule is N#CCCn1cc(/C=C/C(=O)Nc2nc(-c3ccccc3OC(F)F)cs2)c2ccccc21. The third-order valence-electron chi connectivity index (χ3n) is 4.81. The lowest BCUT2D eigenvalue weighted by Gasteiger charge is -2.08. The van der Waals surface area contributed by atoms with Gasteiger partial charge in [-0.1, -0.05) is 30.3 Å². The van der Waals surface area contributed by atoms with Crippen LogP contribution in [0.3, 0.4) is 0 Å². The van der Waals surface area contributed by atoms with Gasteiger partial charge >= 0.3 is 6.61 Å². The van der Waals surface area contributed by atoms with E-state index < -0.39 is 6.61 Å². The number of rotatable bonds is 8. The fourth-order valence-corrected chi connectivity index (χ4v) is 4.12.